The molecule has 47 heavy (non-hydrogen) atoms. The van der Waals surface area contributed by atoms with Gasteiger partial charge in [-0.15, -0.1) is 13.2 Å². The van der Waals surface area contributed by atoms with Gasteiger partial charge in [-0.1, -0.05) is 35.9 Å². The van der Waals surface area contributed by atoms with Crippen LogP contribution in [0.3, 0.4) is 0 Å². The standard InChI is InChI=1S/C32H33ClF4N4O6/c33-21-6-4-19(5-7-21)27(20-2-1-3-22(14-20)47-32(35,36)37)28(41-30(43)44)29(42)40-26-17-38-16-25(34)24(26)9-8-23-15-39-18-31(46-23)10-12-45-13-11-31/h1-7,14,16-17,23,27-28,39,41H,8-13,15,18H2,(H,40,42)(H,43,44)/t23-,27+,28+/m1/s1. The predicted molar refractivity (Wildman–Crippen MR) is 163 cm³/mol. The van der Waals surface area contributed by atoms with Gasteiger partial charge in [-0.05, 0) is 48.2 Å². The molecule has 3 aromatic rings. The Labute approximate surface area is 272 Å². The number of pyridine rings is 1. The van der Waals surface area contributed by atoms with Crippen LogP contribution >= 0.6 is 11.6 Å². The highest BCUT2D eigenvalue weighted by Crippen LogP contribution is 2.34. The second kappa shape index (κ2) is 14.8. The molecule has 2 aliphatic heterocycles. The summed E-state index contributed by atoms with van der Waals surface area (Å²) in [6.45, 7) is 2.43. The minimum absolute atomic E-state index is 0.0146. The highest BCUT2D eigenvalue weighted by molar-refractivity contribution is 6.30. The van der Waals surface area contributed by atoms with Gasteiger partial charge in [0.2, 0.25) is 5.91 Å². The van der Waals surface area contributed by atoms with Crippen LogP contribution in [0.5, 0.6) is 5.75 Å². The lowest BCUT2D eigenvalue weighted by atomic mass is 9.84. The molecule has 1 spiro atoms. The van der Waals surface area contributed by atoms with E-state index in [1.807, 2.05) is 0 Å². The Bertz CT molecular complexity index is 1550. The van der Waals surface area contributed by atoms with E-state index in [2.05, 4.69) is 25.7 Å². The van der Waals surface area contributed by atoms with Gasteiger partial charge in [0.15, 0.2) is 0 Å². The molecule has 2 aromatic carbocycles. The van der Waals surface area contributed by atoms with Crippen LogP contribution in [-0.4, -0.2) is 72.5 Å². The number of carbonyl (C=O) groups excluding carboxylic acids is 1. The summed E-state index contributed by atoms with van der Waals surface area (Å²) in [4.78, 5) is 29.8. The van der Waals surface area contributed by atoms with Gasteiger partial charge in [0, 0.05) is 55.6 Å². The fraction of sp³-hybridized carbons (Fsp3) is 0.406. The molecule has 2 saturated heterocycles. The first kappa shape index (κ1) is 34.4. The number of amides is 2. The Morgan fingerprint density at radius 2 is 1.87 bits per heavy atom. The van der Waals surface area contributed by atoms with Crippen molar-refractivity contribution in [3.8, 4) is 5.75 Å². The number of rotatable bonds is 10. The van der Waals surface area contributed by atoms with E-state index < -0.39 is 41.9 Å². The Hall–Kier alpha value is -3.98. The number of morpholine rings is 1. The van der Waals surface area contributed by atoms with Gasteiger partial charge in [-0.3, -0.25) is 9.78 Å². The van der Waals surface area contributed by atoms with Crippen LogP contribution in [0.15, 0.2) is 60.9 Å². The van der Waals surface area contributed by atoms with Gasteiger partial charge in [0.25, 0.3) is 0 Å². The predicted octanol–water partition coefficient (Wildman–Crippen LogP) is 5.65. The number of carbonyl (C=O) groups is 2. The monoisotopic (exact) mass is 680 g/mol. The number of nitrogens with zero attached hydrogens (tertiary/aromatic N) is 1. The van der Waals surface area contributed by atoms with Crippen LogP contribution in [0, 0.1) is 5.82 Å². The van der Waals surface area contributed by atoms with Crippen LogP contribution in [-0.2, 0) is 20.7 Å². The summed E-state index contributed by atoms with van der Waals surface area (Å²) in [7, 11) is 0. The molecule has 10 nitrogen and oxygen atoms in total. The summed E-state index contributed by atoms with van der Waals surface area (Å²) in [6.07, 6.45) is -2.49. The molecule has 5 rings (SSSR count). The SMILES string of the molecule is O=C(O)N[C@H](C(=O)Nc1cncc(F)c1CC[C@@H]1CNCC2(CCOCC2)O1)[C@@H](c1ccc(Cl)cc1)c1cccc(OC(F)(F)F)c1. The number of hydrogen-bond donors (Lipinski definition) is 4. The molecule has 3 heterocycles. The smallest absolute Gasteiger partial charge is 0.465 e. The molecular formula is C32H33ClF4N4O6. The average Bonchev–Trinajstić information content (AvgIpc) is 3.01. The quantitative estimate of drug-likeness (QED) is 0.202. The minimum Gasteiger partial charge on any atom is -0.465 e. The molecule has 1 aromatic heterocycles. The van der Waals surface area contributed by atoms with Crippen molar-refractivity contribution in [2.24, 2.45) is 0 Å². The lowest BCUT2D eigenvalue weighted by Crippen LogP contribution is -2.56. The number of anilines is 1. The second-order valence-corrected chi connectivity index (χ2v) is 11.9. The summed E-state index contributed by atoms with van der Waals surface area (Å²) >= 11 is 6.06. The third kappa shape index (κ3) is 9.10. The molecule has 2 aliphatic rings. The number of carboxylic acid groups (broad SMARTS) is 1. The Kier molecular flexibility index (Phi) is 10.8. The Balaban J connectivity index is 1.42. The zero-order chi connectivity index (χ0) is 33.6. The van der Waals surface area contributed by atoms with E-state index in [0.717, 1.165) is 31.2 Å². The van der Waals surface area contributed by atoms with E-state index in [4.69, 9.17) is 21.1 Å². The first-order chi connectivity index (χ1) is 22.4. The molecule has 0 unspecified atom stereocenters. The van der Waals surface area contributed by atoms with Crippen molar-refractivity contribution in [2.75, 3.05) is 31.6 Å². The van der Waals surface area contributed by atoms with Crippen molar-refractivity contribution in [2.45, 2.75) is 55.7 Å². The van der Waals surface area contributed by atoms with Crippen molar-refractivity contribution in [3.05, 3.63) is 88.5 Å². The normalized spacial score (nSPS) is 19.0. The van der Waals surface area contributed by atoms with Crippen LogP contribution in [0.25, 0.3) is 0 Å². The van der Waals surface area contributed by atoms with Gasteiger partial charge in [-0.2, -0.15) is 0 Å². The van der Waals surface area contributed by atoms with E-state index in [1.165, 1.54) is 42.6 Å². The van der Waals surface area contributed by atoms with Gasteiger partial charge in [0.05, 0.1) is 29.8 Å². The molecule has 252 valence electrons. The summed E-state index contributed by atoms with van der Waals surface area (Å²) in [6, 6.07) is 9.30. The van der Waals surface area contributed by atoms with Gasteiger partial charge >= 0.3 is 12.5 Å². The first-order valence-electron chi connectivity index (χ1n) is 14.9. The number of aromatic nitrogens is 1. The molecule has 4 N–H and O–H groups in total. The van der Waals surface area contributed by atoms with Crippen molar-refractivity contribution in [1.29, 1.82) is 0 Å². The second-order valence-electron chi connectivity index (χ2n) is 11.4. The molecule has 3 atom stereocenters. The minimum atomic E-state index is -4.99. The lowest BCUT2D eigenvalue weighted by Gasteiger charge is -2.44. The molecule has 2 amide bonds. The van der Waals surface area contributed by atoms with Crippen molar-refractivity contribution >= 4 is 29.3 Å². The lowest BCUT2D eigenvalue weighted by molar-refractivity contribution is -0.274. The molecule has 0 saturated carbocycles. The van der Waals surface area contributed by atoms with E-state index >= 15 is 4.39 Å². The third-order valence-corrected chi connectivity index (χ3v) is 8.45. The summed E-state index contributed by atoms with van der Waals surface area (Å²) < 4.78 is 70.3. The summed E-state index contributed by atoms with van der Waals surface area (Å²) in [5.41, 5.74) is 0.282. The fourth-order valence-electron chi connectivity index (χ4n) is 6.02. The van der Waals surface area contributed by atoms with E-state index in [0.29, 0.717) is 43.3 Å². The highest BCUT2D eigenvalue weighted by Gasteiger charge is 2.39. The maximum Gasteiger partial charge on any atom is 0.573 e. The number of alkyl halides is 3. The third-order valence-electron chi connectivity index (χ3n) is 8.19. The van der Waals surface area contributed by atoms with Crippen LogP contribution in [0.1, 0.15) is 41.9 Å². The van der Waals surface area contributed by atoms with Crippen molar-refractivity contribution < 1.29 is 46.5 Å². The molecule has 0 aliphatic carbocycles. The maximum atomic E-state index is 15.2. The van der Waals surface area contributed by atoms with Crippen molar-refractivity contribution in [1.82, 2.24) is 15.6 Å². The summed E-state index contributed by atoms with van der Waals surface area (Å²) in [5, 5.41) is 18.3. The van der Waals surface area contributed by atoms with Gasteiger partial charge in [0.1, 0.15) is 17.6 Å². The highest BCUT2D eigenvalue weighted by atomic mass is 35.5. The van der Waals surface area contributed by atoms with Crippen LogP contribution in [0.2, 0.25) is 5.02 Å². The van der Waals surface area contributed by atoms with E-state index in [1.54, 1.807) is 0 Å². The van der Waals surface area contributed by atoms with E-state index in [9.17, 15) is 27.9 Å². The number of halogens is 5. The topological polar surface area (TPSA) is 131 Å². The molecule has 2 fully saturated rings. The molecule has 0 bridgehead atoms. The van der Waals surface area contributed by atoms with Crippen LogP contribution in [0.4, 0.5) is 28.0 Å². The number of benzene rings is 2. The van der Waals surface area contributed by atoms with Crippen molar-refractivity contribution in [3.63, 3.8) is 0 Å². The average molecular weight is 681 g/mol. The summed E-state index contributed by atoms with van der Waals surface area (Å²) in [5.74, 6) is -3.31. The maximum absolute atomic E-state index is 15.2. The molecule has 0 radical (unpaired) electrons. The van der Waals surface area contributed by atoms with Gasteiger partial charge in [-0.25, -0.2) is 9.18 Å². The number of nitrogens with one attached hydrogen (secondary N) is 3. The number of hydrogen-bond acceptors (Lipinski definition) is 7. The fourth-order valence-corrected chi connectivity index (χ4v) is 6.15. The Morgan fingerprint density at radius 3 is 2.57 bits per heavy atom. The largest absolute Gasteiger partial charge is 0.573 e. The zero-order valence-corrected chi connectivity index (χ0v) is 25.7. The number of ether oxygens (including phenoxy) is 3. The molecule has 15 heteroatoms. The van der Waals surface area contributed by atoms with Gasteiger partial charge < -0.3 is 35.3 Å². The molecular weight excluding hydrogens is 648 g/mol. The first-order valence-corrected chi connectivity index (χ1v) is 15.3. The van der Waals surface area contributed by atoms with E-state index in [-0.39, 0.29) is 34.9 Å². The van der Waals surface area contributed by atoms with Crippen LogP contribution < -0.4 is 20.7 Å². The Morgan fingerprint density at radius 1 is 1.13 bits per heavy atom. The zero-order valence-electron chi connectivity index (χ0n) is 25.0.